The summed E-state index contributed by atoms with van der Waals surface area (Å²) in [6, 6.07) is 4.69. The molecule has 0 radical (unpaired) electrons. The number of benzene rings is 1. The van der Waals surface area contributed by atoms with Crippen LogP contribution in [0.2, 0.25) is 0 Å². The van der Waals surface area contributed by atoms with Crippen molar-refractivity contribution < 1.29 is 14.6 Å². The Balaban J connectivity index is 1.84. The molecule has 110 valence electrons. The van der Waals surface area contributed by atoms with Gasteiger partial charge in [0.2, 0.25) is 0 Å². The van der Waals surface area contributed by atoms with Gasteiger partial charge in [0.05, 0.1) is 12.5 Å². The van der Waals surface area contributed by atoms with Gasteiger partial charge < -0.3 is 19.5 Å². The van der Waals surface area contributed by atoms with Crippen LogP contribution in [0.15, 0.2) is 24.3 Å². The summed E-state index contributed by atoms with van der Waals surface area (Å²) in [5.74, 6) is 2.08. The Bertz CT molecular complexity index is 670. The van der Waals surface area contributed by atoms with Crippen molar-refractivity contribution in [2.75, 3.05) is 20.7 Å². The van der Waals surface area contributed by atoms with Crippen LogP contribution in [0.25, 0.3) is 0 Å². The van der Waals surface area contributed by atoms with Gasteiger partial charge in [0.25, 0.3) is 0 Å². The molecular weight excluding hydrogens is 266 g/mol. The van der Waals surface area contributed by atoms with Crippen molar-refractivity contribution in [2.24, 2.45) is 5.92 Å². The lowest BCUT2D eigenvalue weighted by molar-refractivity contribution is 0.0160. The highest BCUT2D eigenvalue weighted by molar-refractivity contribution is 5.62. The van der Waals surface area contributed by atoms with E-state index in [0.717, 1.165) is 24.5 Å². The Morgan fingerprint density at radius 2 is 2.24 bits per heavy atom. The van der Waals surface area contributed by atoms with Gasteiger partial charge in [-0.05, 0) is 25.1 Å². The lowest BCUT2D eigenvalue weighted by atomic mass is 9.59. The lowest BCUT2D eigenvalue weighted by Crippen LogP contribution is -2.54. The summed E-state index contributed by atoms with van der Waals surface area (Å²) in [6.45, 7) is 0.946. The third-order valence-corrected chi connectivity index (χ3v) is 5.99. The summed E-state index contributed by atoms with van der Waals surface area (Å²) in [7, 11) is 3.87. The number of hydrogen-bond acceptors (Lipinski definition) is 4. The van der Waals surface area contributed by atoms with Crippen LogP contribution in [0.1, 0.15) is 11.1 Å². The highest BCUT2D eigenvalue weighted by Gasteiger charge is 2.66. The van der Waals surface area contributed by atoms with E-state index in [4.69, 9.17) is 9.47 Å². The first-order valence-electron chi connectivity index (χ1n) is 7.60. The molecule has 1 aromatic carbocycles. The molecule has 1 aromatic rings. The first-order valence-corrected chi connectivity index (χ1v) is 7.60. The lowest BCUT2D eigenvalue weighted by Gasteiger charge is -2.43. The van der Waals surface area contributed by atoms with Gasteiger partial charge in [-0.2, -0.15) is 0 Å². The Morgan fingerprint density at radius 3 is 3.05 bits per heavy atom. The number of hydrogen-bond donors (Lipinski definition) is 1. The number of nitrogens with zero attached hydrogens (tertiary/aromatic N) is 1. The van der Waals surface area contributed by atoms with Crippen LogP contribution >= 0.6 is 0 Å². The number of rotatable bonds is 1. The second kappa shape index (κ2) is 3.62. The normalized spacial score (nSPS) is 41.9. The molecule has 4 nitrogen and oxygen atoms in total. The molecule has 1 saturated heterocycles. The topological polar surface area (TPSA) is 41.9 Å². The fourth-order valence-electron chi connectivity index (χ4n) is 5.23. The second-order valence-corrected chi connectivity index (χ2v) is 6.80. The van der Waals surface area contributed by atoms with E-state index in [9.17, 15) is 5.11 Å². The Morgan fingerprint density at radius 1 is 1.38 bits per heavy atom. The van der Waals surface area contributed by atoms with E-state index in [1.165, 1.54) is 11.1 Å². The molecule has 2 aliphatic carbocycles. The van der Waals surface area contributed by atoms with E-state index in [1.54, 1.807) is 7.11 Å². The summed E-state index contributed by atoms with van der Waals surface area (Å²) >= 11 is 0. The number of ether oxygens (including phenoxy) is 2. The van der Waals surface area contributed by atoms with Gasteiger partial charge in [-0.3, -0.25) is 0 Å². The van der Waals surface area contributed by atoms with Crippen molar-refractivity contribution in [3.05, 3.63) is 35.4 Å². The van der Waals surface area contributed by atoms with Gasteiger partial charge in [-0.25, -0.2) is 0 Å². The summed E-state index contributed by atoms with van der Waals surface area (Å²) in [6.07, 6.45) is 4.45. The van der Waals surface area contributed by atoms with E-state index in [0.29, 0.717) is 12.0 Å². The first-order chi connectivity index (χ1) is 10.2. The van der Waals surface area contributed by atoms with Gasteiger partial charge in [0, 0.05) is 24.1 Å². The molecule has 0 saturated carbocycles. The van der Waals surface area contributed by atoms with Crippen LogP contribution in [-0.4, -0.2) is 49.0 Å². The molecule has 2 heterocycles. The van der Waals surface area contributed by atoms with Crippen molar-refractivity contribution in [3.8, 4) is 11.5 Å². The summed E-state index contributed by atoms with van der Waals surface area (Å²) in [5, 5.41) is 10.5. The molecule has 5 atom stereocenters. The molecule has 1 N–H and O–H groups in total. The van der Waals surface area contributed by atoms with E-state index >= 15 is 0 Å². The molecule has 4 heteroatoms. The molecule has 0 amide bonds. The molecule has 2 bridgehead atoms. The average Bonchev–Trinajstić information content (AvgIpc) is 2.92. The monoisotopic (exact) mass is 285 g/mol. The van der Waals surface area contributed by atoms with Crippen molar-refractivity contribution in [3.63, 3.8) is 0 Å². The summed E-state index contributed by atoms with van der Waals surface area (Å²) in [5.41, 5.74) is 2.55. The third-order valence-electron chi connectivity index (χ3n) is 5.99. The highest BCUT2D eigenvalue weighted by atomic mass is 16.5. The minimum atomic E-state index is -0.545. The van der Waals surface area contributed by atoms with Gasteiger partial charge in [0.1, 0.15) is 12.2 Å². The Labute approximate surface area is 124 Å². The van der Waals surface area contributed by atoms with Crippen LogP contribution < -0.4 is 9.47 Å². The van der Waals surface area contributed by atoms with Crippen molar-refractivity contribution >= 4 is 0 Å². The van der Waals surface area contributed by atoms with Crippen molar-refractivity contribution in [1.29, 1.82) is 0 Å². The number of methoxy groups -OCH3 is 1. The minimum Gasteiger partial charge on any atom is -0.493 e. The van der Waals surface area contributed by atoms with E-state index in [-0.39, 0.29) is 11.5 Å². The van der Waals surface area contributed by atoms with E-state index in [1.807, 2.05) is 12.1 Å². The molecule has 5 rings (SSSR count). The average molecular weight is 285 g/mol. The highest BCUT2D eigenvalue weighted by Crippen LogP contribution is 2.62. The van der Waals surface area contributed by atoms with Crippen LogP contribution in [0.4, 0.5) is 0 Å². The van der Waals surface area contributed by atoms with E-state index < -0.39 is 6.10 Å². The van der Waals surface area contributed by atoms with Crippen LogP contribution in [0.5, 0.6) is 11.5 Å². The minimum absolute atomic E-state index is 0.106. The zero-order chi connectivity index (χ0) is 14.4. The van der Waals surface area contributed by atoms with E-state index in [2.05, 4.69) is 24.1 Å². The largest absolute Gasteiger partial charge is 0.493 e. The predicted molar refractivity (Wildman–Crippen MR) is 77.8 cm³/mol. The molecule has 2 aliphatic heterocycles. The van der Waals surface area contributed by atoms with Crippen LogP contribution in [0.3, 0.4) is 0 Å². The van der Waals surface area contributed by atoms with Gasteiger partial charge in [-0.1, -0.05) is 18.2 Å². The number of aliphatic hydroxyl groups is 1. The number of likely N-dealkylation sites (N-methyl/N-ethyl adjacent to an activating group) is 1. The summed E-state index contributed by atoms with van der Waals surface area (Å²) in [4.78, 5) is 2.44. The zero-order valence-corrected chi connectivity index (χ0v) is 12.2. The van der Waals surface area contributed by atoms with Crippen LogP contribution in [0, 0.1) is 5.92 Å². The zero-order valence-electron chi connectivity index (χ0n) is 12.2. The molecule has 4 aliphatic rings. The number of likely N-dealkylation sites (tertiary alicyclic amines) is 1. The fourth-order valence-corrected chi connectivity index (χ4v) is 5.23. The van der Waals surface area contributed by atoms with Crippen molar-refractivity contribution in [1.82, 2.24) is 4.90 Å². The first kappa shape index (κ1) is 12.1. The Hall–Kier alpha value is -1.52. The van der Waals surface area contributed by atoms with Gasteiger partial charge in [-0.15, -0.1) is 0 Å². The van der Waals surface area contributed by atoms with Crippen molar-refractivity contribution in [2.45, 2.75) is 30.1 Å². The van der Waals surface area contributed by atoms with Crippen LogP contribution in [-0.2, 0) is 11.8 Å². The quantitative estimate of drug-likeness (QED) is 0.785. The smallest absolute Gasteiger partial charge is 0.166 e. The molecule has 0 aromatic heterocycles. The molecular formula is C17H19NO3. The molecule has 1 unspecified atom stereocenters. The maximum absolute atomic E-state index is 10.5. The summed E-state index contributed by atoms with van der Waals surface area (Å²) < 4.78 is 11.8. The molecule has 1 spiro atoms. The Kier molecular flexibility index (Phi) is 2.08. The SMILES string of the molecule is COc1ccc2c3c1O[C@H]1[C@@H](O)C=CC4[C@@H](C2)N(C)C[C@@]341. The number of aliphatic hydroxyl groups excluding tert-OH is 1. The third kappa shape index (κ3) is 1.17. The van der Waals surface area contributed by atoms with Gasteiger partial charge >= 0.3 is 0 Å². The fraction of sp³-hybridized carbons (Fsp3) is 0.529. The maximum atomic E-state index is 10.5. The predicted octanol–water partition coefficient (Wildman–Crippen LogP) is 1.11. The van der Waals surface area contributed by atoms with Gasteiger partial charge in [0.15, 0.2) is 11.5 Å². The second-order valence-electron chi connectivity index (χ2n) is 6.80. The standard InChI is InChI=1S/C17H19NO3/c1-18-8-17-10-4-5-12(19)16(17)21-15-13(20-2)6-3-9(14(15)17)7-11(10)18/h3-6,10-12,16,19H,7-8H2,1-2H3/t10?,11-,12+,16+,17+/m1/s1. The molecule has 21 heavy (non-hydrogen) atoms. The maximum Gasteiger partial charge on any atom is 0.166 e. The molecule has 1 fully saturated rings.